The van der Waals surface area contributed by atoms with Crippen molar-refractivity contribution >= 4 is 12.2 Å². The number of rotatable bonds is 3. The maximum Gasteiger partial charge on any atom is 0.274 e. The number of nitrogens with one attached hydrogen (secondary N) is 3. The molecule has 0 fully saturated rings. The van der Waals surface area contributed by atoms with E-state index in [-0.39, 0.29) is 18.1 Å². The third kappa shape index (κ3) is 2.09. The van der Waals surface area contributed by atoms with Gasteiger partial charge in [0, 0.05) is 0 Å². The Kier molecular flexibility index (Phi) is 2.70. The van der Waals surface area contributed by atoms with E-state index in [0.717, 1.165) is 0 Å². The highest BCUT2D eigenvalue weighted by molar-refractivity contribution is 5.94. The van der Waals surface area contributed by atoms with Crippen molar-refractivity contribution in [1.82, 2.24) is 16.0 Å². The molecule has 1 unspecified atom stereocenters. The molecule has 0 spiro atoms. The van der Waals surface area contributed by atoms with Crippen molar-refractivity contribution in [3.05, 3.63) is 11.5 Å². The molecule has 0 saturated heterocycles. The molecule has 0 aromatic rings. The first kappa shape index (κ1) is 9.33. The smallest absolute Gasteiger partial charge is 0.274 e. The third-order valence-electron chi connectivity index (χ3n) is 1.42. The Morgan fingerprint density at radius 1 is 1.62 bits per heavy atom. The van der Waals surface area contributed by atoms with Crippen LogP contribution in [0.15, 0.2) is 11.5 Å². The SMILES string of the molecule is NC1=C(NCC=O)C(=O)NC(O)N1. The molecule has 6 N–H and O–H groups in total. The van der Waals surface area contributed by atoms with Crippen LogP contribution in [0, 0.1) is 0 Å². The normalized spacial score (nSPS) is 21.9. The van der Waals surface area contributed by atoms with Crippen LogP contribution in [0.4, 0.5) is 0 Å². The lowest BCUT2D eigenvalue weighted by Crippen LogP contribution is -2.54. The van der Waals surface area contributed by atoms with E-state index >= 15 is 0 Å². The van der Waals surface area contributed by atoms with E-state index in [2.05, 4.69) is 16.0 Å². The Morgan fingerprint density at radius 2 is 2.31 bits per heavy atom. The van der Waals surface area contributed by atoms with Gasteiger partial charge in [-0.3, -0.25) is 4.79 Å². The Labute approximate surface area is 74.0 Å². The number of hydrogen-bond acceptors (Lipinski definition) is 6. The molecule has 1 atom stereocenters. The first-order chi connectivity index (χ1) is 6.15. The lowest BCUT2D eigenvalue weighted by atomic mass is 10.3. The lowest BCUT2D eigenvalue weighted by Gasteiger charge is -2.24. The van der Waals surface area contributed by atoms with Gasteiger partial charge >= 0.3 is 0 Å². The van der Waals surface area contributed by atoms with Crippen molar-refractivity contribution in [2.24, 2.45) is 5.73 Å². The monoisotopic (exact) mass is 186 g/mol. The summed E-state index contributed by atoms with van der Waals surface area (Å²) in [7, 11) is 0. The largest absolute Gasteiger partial charge is 0.384 e. The fraction of sp³-hybridized carbons (Fsp3) is 0.333. The summed E-state index contributed by atoms with van der Waals surface area (Å²) in [5, 5.41) is 16.0. The van der Waals surface area contributed by atoms with E-state index in [9.17, 15) is 9.59 Å². The fourth-order valence-electron chi connectivity index (χ4n) is 0.893. The maximum absolute atomic E-state index is 11.1. The molecule has 7 nitrogen and oxygen atoms in total. The highest BCUT2D eigenvalue weighted by atomic mass is 16.3. The van der Waals surface area contributed by atoms with E-state index < -0.39 is 12.3 Å². The molecule has 0 aliphatic carbocycles. The van der Waals surface area contributed by atoms with Crippen molar-refractivity contribution < 1.29 is 14.7 Å². The minimum Gasteiger partial charge on any atom is -0.384 e. The van der Waals surface area contributed by atoms with Gasteiger partial charge in [0.2, 0.25) is 6.35 Å². The molecule has 7 heteroatoms. The maximum atomic E-state index is 11.1. The van der Waals surface area contributed by atoms with Crippen molar-refractivity contribution in [2.75, 3.05) is 6.54 Å². The van der Waals surface area contributed by atoms with Crippen molar-refractivity contribution in [1.29, 1.82) is 0 Å². The number of aliphatic hydroxyl groups is 1. The van der Waals surface area contributed by atoms with Crippen LogP contribution in [0.25, 0.3) is 0 Å². The summed E-state index contributed by atoms with van der Waals surface area (Å²) < 4.78 is 0. The van der Waals surface area contributed by atoms with Gasteiger partial charge in [0.05, 0.1) is 6.54 Å². The second-order valence-electron chi connectivity index (χ2n) is 2.36. The van der Waals surface area contributed by atoms with Gasteiger partial charge in [-0.05, 0) is 0 Å². The Bertz CT molecular complexity index is 263. The number of aliphatic hydroxyl groups excluding tert-OH is 1. The minimum absolute atomic E-state index is 0.0121. The number of aldehydes is 1. The molecular weight excluding hydrogens is 176 g/mol. The Morgan fingerprint density at radius 3 is 2.85 bits per heavy atom. The molecule has 0 bridgehead atoms. The second-order valence-corrected chi connectivity index (χ2v) is 2.36. The zero-order valence-corrected chi connectivity index (χ0v) is 6.70. The first-order valence-electron chi connectivity index (χ1n) is 3.58. The van der Waals surface area contributed by atoms with Crippen LogP contribution in [0.2, 0.25) is 0 Å². The third-order valence-corrected chi connectivity index (χ3v) is 1.42. The summed E-state index contributed by atoms with van der Waals surface area (Å²) >= 11 is 0. The predicted octanol–water partition coefficient (Wildman–Crippen LogP) is -3.10. The van der Waals surface area contributed by atoms with Crippen LogP contribution in [0.1, 0.15) is 0 Å². The zero-order valence-electron chi connectivity index (χ0n) is 6.70. The number of carbonyl (C=O) groups excluding carboxylic acids is 2. The number of amides is 1. The highest BCUT2D eigenvalue weighted by Crippen LogP contribution is 1.98. The molecule has 0 saturated carbocycles. The molecule has 1 aliphatic rings. The second kappa shape index (κ2) is 3.76. The molecule has 1 rings (SSSR count). The van der Waals surface area contributed by atoms with Gasteiger partial charge in [-0.25, -0.2) is 0 Å². The summed E-state index contributed by atoms with van der Waals surface area (Å²) in [6, 6.07) is 0. The standard InChI is InChI=1S/C6H10N4O3/c7-4-3(8-1-2-11)5(12)10-6(13)9-4/h2,6,8-9,13H,1,7H2,(H,10,12). The Balaban J connectivity index is 2.72. The summed E-state index contributed by atoms with van der Waals surface area (Å²) in [6.45, 7) is -0.0127. The van der Waals surface area contributed by atoms with Gasteiger partial charge in [-0.15, -0.1) is 0 Å². The van der Waals surface area contributed by atoms with Crippen molar-refractivity contribution in [2.45, 2.75) is 6.35 Å². The number of hydrogen-bond donors (Lipinski definition) is 5. The molecular formula is C6H10N4O3. The first-order valence-corrected chi connectivity index (χ1v) is 3.58. The zero-order chi connectivity index (χ0) is 9.84. The molecule has 0 aromatic heterocycles. The molecule has 0 radical (unpaired) electrons. The number of carbonyl (C=O) groups is 2. The van der Waals surface area contributed by atoms with E-state index in [0.29, 0.717) is 6.29 Å². The summed E-state index contributed by atoms with van der Waals surface area (Å²) in [5.74, 6) is -0.538. The van der Waals surface area contributed by atoms with Crippen LogP contribution in [-0.4, -0.2) is 30.2 Å². The fourth-order valence-corrected chi connectivity index (χ4v) is 0.893. The van der Waals surface area contributed by atoms with E-state index in [1.807, 2.05) is 0 Å². The van der Waals surface area contributed by atoms with Crippen LogP contribution in [0.3, 0.4) is 0 Å². The predicted molar refractivity (Wildman–Crippen MR) is 42.6 cm³/mol. The average molecular weight is 186 g/mol. The van der Waals surface area contributed by atoms with Gasteiger partial charge < -0.3 is 31.6 Å². The molecule has 1 amide bonds. The quantitative estimate of drug-likeness (QED) is 0.298. The average Bonchev–Trinajstić information content (AvgIpc) is 2.02. The van der Waals surface area contributed by atoms with Crippen LogP contribution >= 0.6 is 0 Å². The van der Waals surface area contributed by atoms with Gasteiger partial charge in [0.1, 0.15) is 17.8 Å². The minimum atomic E-state index is -1.19. The molecule has 72 valence electrons. The van der Waals surface area contributed by atoms with Gasteiger partial charge in [-0.1, -0.05) is 0 Å². The van der Waals surface area contributed by atoms with E-state index in [1.165, 1.54) is 0 Å². The molecule has 0 aromatic carbocycles. The molecule has 1 aliphatic heterocycles. The summed E-state index contributed by atoms with van der Waals surface area (Å²) in [4.78, 5) is 21.1. The number of nitrogens with two attached hydrogens (primary N) is 1. The lowest BCUT2D eigenvalue weighted by molar-refractivity contribution is -0.122. The van der Waals surface area contributed by atoms with Gasteiger partial charge in [-0.2, -0.15) is 0 Å². The van der Waals surface area contributed by atoms with Crippen LogP contribution in [-0.2, 0) is 9.59 Å². The summed E-state index contributed by atoms with van der Waals surface area (Å²) in [6.07, 6.45) is -0.590. The Hall–Kier alpha value is -1.76. The topological polar surface area (TPSA) is 116 Å². The van der Waals surface area contributed by atoms with Gasteiger partial charge in [0.25, 0.3) is 5.91 Å². The van der Waals surface area contributed by atoms with Crippen LogP contribution in [0.5, 0.6) is 0 Å². The molecule has 1 heterocycles. The van der Waals surface area contributed by atoms with Crippen molar-refractivity contribution in [3.8, 4) is 0 Å². The highest BCUT2D eigenvalue weighted by Gasteiger charge is 2.22. The van der Waals surface area contributed by atoms with E-state index in [1.54, 1.807) is 0 Å². The molecule has 13 heavy (non-hydrogen) atoms. The van der Waals surface area contributed by atoms with E-state index in [4.69, 9.17) is 10.8 Å². The summed E-state index contributed by atoms with van der Waals surface area (Å²) in [5.41, 5.74) is 5.42. The van der Waals surface area contributed by atoms with Gasteiger partial charge in [0.15, 0.2) is 0 Å². The van der Waals surface area contributed by atoms with Crippen LogP contribution < -0.4 is 21.7 Å². The van der Waals surface area contributed by atoms with Crippen molar-refractivity contribution in [3.63, 3.8) is 0 Å².